The van der Waals surface area contributed by atoms with Gasteiger partial charge in [0.2, 0.25) is 5.69 Å². The number of rotatable bonds is 1. The molecule has 0 aliphatic carbocycles. The summed E-state index contributed by atoms with van der Waals surface area (Å²) in [5, 5.41) is 0.0186. The van der Waals surface area contributed by atoms with Crippen LogP contribution < -0.4 is 0 Å². The van der Waals surface area contributed by atoms with Gasteiger partial charge in [0.25, 0.3) is 0 Å². The topological polar surface area (TPSA) is 4.36 Å². The Morgan fingerprint density at radius 1 is 0.944 bits per heavy atom. The first-order valence-electron chi connectivity index (χ1n) is 4.85. The Balaban J connectivity index is 2.65. The second-order valence-corrected chi connectivity index (χ2v) is 3.93. The molecule has 2 rings (SSSR count). The average molecular weight is 268 g/mol. The lowest BCUT2D eigenvalue weighted by atomic mass is 10.0. The van der Waals surface area contributed by atoms with Crippen molar-refractivity contribution in [2.75, 3.05) is 0 Å². The van der Waals surface area contributed by atoms with E-state index in [2.05, 4.69) is 4.85 Å². The number of halogens is 4. The van der Waals surface area contributed by atoms with E-state index in [9.17, 15) is 13.2 Å². The molecule has 2 aromatic carbocycles. The Labute approximate surface area is 106 Å². The van der Waals surface area contributed by atoms with Crippen LogP contribution in [0, 0.1) is 24.0 Å². The fraction of sp³-hybridized carbons (Fsp3) is 0. The highest BCUT2D eigenvalue weighted by molar-refractivity contribution is 6.33. The zero-order valence-corrected chi connectivity index (χ0v) is 9.60. The van der Waals surface area contributed by atoms with E-state index in [1.165, 1.54) is 0 Å². The minimum atomic E-state index is -0.888. The second-order valence-electron chi connectivity index (χ2n) is 3.52. The standard InChI is InChI=1S/C13H5ClF3N/c1-18-13-6-12(17)9(5-10(13)14)8-3-2-7(15)4-11(8)16/h2-6H. The van der Waals surface area contributed by atoms with Crippen molar-refractivity contribution in [1.82, 2.24) is 0 Å². The summed E-state index contributed by atoms with van der Waals surface area (Å²) in [4.78, 5) is 3.03. The minimum Gasteiger partial charge on any atom is -0.236 e. The van der Waals surface area contributed by atoms with Crippen molar-refractivity contribution in [1.29, 1.82) is 0 Å². The normalized spacial score (nSPS) is 10.2. The molecular formula is C13H5ClF3N. The van der Waals surface area contributed by atoms with Gasteiger partial charge >= 0.3 is 0 Å². The fourth-order valence-corrected chi connectivity index (χ4v) is 1.74. The first kappa shape index (κ1) is 12.5. The van der Waals surface area contributed by atoms with Crippen LogP contribution in [0.15, 0.2) is 30.3 Å². The van der Waals surface area contributed by atoms with Crippen LogP contribution in [-0.4, -0.2) is 0 Å². The molecule has 0 saturated heterocycles. The molecule has 0 fully saturated rings. The minimum absolute atomic E-state index is 0.0186. The van der Waals surface area contributed by atoms with Gasteiger partial charge in [0.05, 0.1) is 6.57 Å². The van der Waals surface area contributed by atoms with Crippen molar-refractivity contribution in [3.8, 4) is 11.1 Å². The zero-order chi connectivity index (χ0) is 13.3. The highest BCUT2D eigenvalue weighted by Crippen LogP contribution is 2.34. The first-order chi connectivity index (χ1) is 8.52. The molecule has 0 atom stereocenters. The van der Waals surface area contributed by atoms with Gasteiger partial charge in [-0.3, -0.25) is 0 Å². The number of hydrogen-bond acceptors (Lipinski definition) is 0. The lowest BCUT2D eigenvalue weighted by Crippen LogP contribution is -1.90. The van der Waals surface area contributed by atoms with Crippen LogP contribution in [-0.2, 0) is 0 Å². The van der Waals surface area contributed by atoms with Gasteiger partial charge in [-0.15, -0.1) is 0 Å². The number of benzene rings is 2. The van der Waals surface area contributed by atoms with Gasteiger partial charge in [0.1, 0.15) is 17.5 Å². The van der Waals surface area contributed by atoms with E-state index in [-0.39, 0.29) is 21.8 Å². The van der Waals surface area contributed by atoms with Crippen LogP contribution in [0.25, 0.3) is 16.0 Å². The molecule has 0 aromatic heterocycles. The van der Waals surface area contributed by atoms with E-state index >= 15 is 0 Å². The molecule has 0 aliphatic rings. The predicted molar refractivity (Wildman–Crippen MR) is 63.0 cm³/mol. The second kappa shape index (κ2) is 4.71. The summed E-state index contributed by atoms with van der Waals surface area (Å²) >= 11 is 5.76. The molecule has 5 heteroatoms. The third-order valence-electron chi connectivity index (χ3n) is 2.38. The summed E-state index contributed by atoms with van der Waals surface area (Å²) in [6.07, 6.45) is 0. The molecule has 0 radical (unpaired) electrons. The van der Waals surface area contributed by atoms with Gasteiger partial charge in [-0.05, 0) is 24.3 Å². The molecule has 0 aliphatic heterocycles. The van der Waals surface area contributed by atoms with Crippen LogP contribution in [0.4, 0.5) is 18.9 Å². The molecule has 1 nitrogen and oxygen atoms in total. The highest BCUT2D eigenvalue weighted by Gasteiger charge is 2.14. The third-order valence-corrected chi connectivity index (χ3v) is 2.68. The summed E-state index contributed by atoms with van der Waals surface area (Å²) in [5.74, 6) is -2.42. The maximum Gasteiger partial charge on any atom is 0.208 e. The lowest BCUT2D eigenvalue weighted by Gasteiger charge is -2.07. The molecule has 0 amide bonds. The average Bonchev–Trinajstić information content (AvgIpc) is 2.32. The van der Waals surface area contributed by atoms with Crippen LogP contribution in [0.5, 0.6) is 0 Å². The molecule has 0 unspecified atom stereocenters. The molecular weight excluding hydrogens is 263 g/mol. The molecule has 0 heterocycles. The fourth-order valence-electron chi connectivity index (χ4n) is 1.54. The van der Waals surface area contributed by atoms with Gasteiger partial charge in [-0.1, -0.05) is 11.6 Å². The Morgan fingerprint density at radius 3 is 2.22 bits per heavy atom. The monoisotopic (exact) mass is 267 g/mol. The lowest BCUT2D eigenvalue weighted by molar-refractivity contribution is 0.583. The molecule has 2 aromatic rings. The highest BCUT2D eigenvalue weighted by atomic mass is 35.5. The van der Waals surface area contributed by atoms with Crippen molar-refractivity contribution >= 4 is 17.3 Å². The maximum atomic E-state index is 13.7. The Morgan fingerprint density at radius 2 is 1.61 bits per heavy atom. The van der Waals surface area contributed by atoms with Crippen molar-refractivity contribution < 1.29 is 13.2 Å². The van der Waals surface area contributed by atoms with Crippen LogP contribution in [0.1, 0.15) is 0 Å². The summed E-state index contributed by atoms with van der Waals surface area (Å²) < 4.78 is 40.0. The molecule has 90 valence electrons. The molecule has 0 bridgehead atoms. The van der Waals surface area contributed by atoms with Crippen LogP contribution in [0.2, 0.25) is 5.02 Å². The largest absolute Gasteiger partial charge is 0.236 e. The quantitative estimate of drug-likeness (QED) is 0.642. The van der Waals surface area contributed by atoms with Crippen LogP contribution >= 0.6 is 11.6 Å². The summed E-state index contributed by atoms with van der Waals surface area (Å²) in [6, 6.07) is 4.88. The van der Waals surface area contributed by atoms with E-state index in [1.54, 1.807) is 0 Å². The maximum absolute atomic E-state index is 13.7. The van der Waals surface area contributed by atoms with Gasteiger partial charge in [0, 0.05) is 22.2 Å². The first-order valence-corrected chi connectivity index (χ1v) is 5.22. The third kappa shape index (κ3) is 2.18. The van der Waals surface area contributed by atoms with E-state index in [4.69, 9.17) is 18.2 Å². The van der Waals surface area contributed by atoms with Crippen molar-refractivity contribution in [2.45, 2.75) is 0 Å². The van der Waals surface area contributed by atoms with Gasteiger partial charge in [-0.25, -0.2) is 18.0 Å². The van der Waals surface area contributed by atoms with E-state index in [0.29, 0.717) is 6.07 Å². The number of hydrogen-bond donors (Lipinski definition) is 0. The molecule has 18 heavy (non-hydrogen) atoms. The van der Waals surface area contributed by atoms with Crippen molar-refractivity contribution in [3.05, 3.63) is 64.2 Å². The van der Waals surface area contributed by atoms with E-state index in [1.807, 2.05) is 0 Å². The van der Waals surface area contributed by atoms with Crippen molar-refractivity contribution in [3.63, 3.8) is 0 Å². The van der Waals surface area contributed by atoms with Gasteiger partial charge in [-0.2, -0.15) is 0 Å². The predicted octanol–water partition coefficient (Wildman–Crippen LogP) is 4.98. The summed E-state index contributed by atoms with van der Waals surface area (Å²) in [7, 11) is 0. The summed E-state index contributed by atoms with van der Waals surface area (Å²) in [6.45, 7) is 6.78. The Bertz CT molecular complexity index is 662. The van der Waals surface area contributed by atoms with Gasteiger partial charge in [0.15, 0.2) is 0 Å². The van der Waals surface area contributed by atoms with E-state index in [0.717, 1.165) is 24.3 Å². The van der Waals surface area contributed by atoms with Gasteiger partial charge < -0.3 is 0 Å². The van der Waals surface area contributed by atoms with Crippen molar-refractivity contribution in [2.24, 2.45) is 0 Å². The number of nitrogens with zero attached hydrogens (tertiary/aromatic N) is 1. The zero-order valence-electron chi connectivity index (χ0n) is 8.85. The molecule has 0 saturated carbocycles. The van der Waals surface area contributed by atoms with E-state index < -0.39 is 17.5 Å². The smallest absolute Gasteiger partial charge is 0.208 e. The SMILES string of the molecule is [C-]#[N+]c1cc(F)c(-c2ccc(F)cc2F)cc1Cl. The Hall–Kier alpha value is -1.99. The Kier molecular flexibility index (Phi) is 3.26. The molecule has 0 spiro atoms. The summed E-state index contributed by atoms with van der Waals surface area (Å²) in [5.41, 5.74) is -0.266. The molecule has 0 N–H and O–H groups in total. The van der Waals surface area contributed by atoms with Crippen LogP contribution in [0.3, 0.4) is 0 Å².